The number of rotatable bonds is 6. The van der Waals surface area contributed by atoms with Crippen LogP contribution in [0.25, 0.3) is 11.3 Å². The first-order valence-corrected chi connectivity index (χ1v) is 14.3. The lowest BCUT2D eigenvalue weighted by Gasteiger charge is -2.12. The molecule has 1 aromatic heterocycles. The molecule has 4 aromatic rings. The number of aromatic carboxylic acids is 1. The van der Waals surface area contributed by atoms with E-state index in [0.717, 1.165) is 35.3 Å². The van der Waals surface area contributed by atoms with Gasteiger partial charge in [-0.2, -0.15) is 0 Å². The van der Waals surface area contributed by atoms with E-state index in [1.807, 2.05) is 19.1 Å². The van der Waals surface area contributed by atoms with E-state index in [-0.39, 0.29) is 45.4 Å². The van der Waals surface area contributed by atoms with E-state index in [1.165, 1.54) is 36.4 Å². The molecule has 1 fully saturated rings. The van der Waals surface area contributed by atoms with Crippen molar-refractivity contribution < 1.29 is 32.4 Å². The number of hydrogen-bond donors (Lipinski definition) is 1. The summed E-state index contributed by atoms with van der Waals surface area (Å²) in [6, 6.07) is 13.7. The van der Waals surface area contributed by atoms with Crippen molar-refractivity contribution in [3.8, 4) is 17.0 Å². The topological polar surface area (TPSA) is 124 Å². The number of fused-ring (bicyclic) bond motifs is 2. The molecule has 0 bridgehead atoms. The number of carbonyl (C=O) groups excluding carboxylic acids is 1. The number of sulfone groups is 1. The fraction of sp³-hybridized carbons (Fsp3) is 0.207. The first kappa shape index (κ1) is 25.3. The second-order valence-electron chi connectivity index (χ2n) is 9.79. The Bertz CT molecular complexity index is 1770. The molecule has 0 unspecified atom stereocenters. The van der Waals surface area contributed by atoms with Crippen molar-refractivity contribution in [1.29, 1.82) is 0 Å². The minimum Gasteiger partial charge on any atom is -0.489 e. The molecule has 1 aliphatic carbocycles. The lowest BCUT2D eigenvalue weighted by molar-refractivity contribution is 0.0697. The predicted molar refractivity (Wildman–Crippen MR) is 142 cm³/mol. The summed E-state index contributed by atoms with van der Waals surface area (Å²) in [7, 11) is -3.92. The van der Waals surface area contributed by atoms with Crippen molar-refractivity contribution in [3.05, 3.63) is 98.8 Å². The van der Waals surface area contributed by atoms with Crippen LogP contribution < -0.4 is 4.74 Å². The molecular formula is C29H22ClNO7S. The molecule has 6 rings (SSSR count). The number of hydrogen-bond acceptors (Lipinski definition) is 7. The summed E-state index contributed by atoms with van der Waals surface area (Å²) in [6.45, 7) is 1.99. The van der Waals surface area contributed by atoms with E-state index in [4.69, 9.17) is 20.9 Å². The maximum absolute atomic E-state index is 13.3. The molecule has 8 nitrogen and oxygen atoms in total. The van der Waals surface area contributed by atoms with Crippen LogP contribution in [-0.2, 0) is 22.2 Å². The number of ether oxygens (including phenoxy) is 1. The molecule has 2 aliphatic rings. The largest absolute Gasteiger partial charge is 0.489 e. The van der Waals surface area contributed by atoms with Crippen molar-refractivity contribution in [2.75, 3.05) is 0 Å². The number of aromatic nitrogens is 1. The van der Waals surface area contributed by atoms with Gasteiger partial charge in [0.05, 0.1) is 26.8 Å². The molecule has 1 N–H and O–H groups in total. The Labute approximate surface area is 229 Å². The van der Waals surface area contributed by atoms with Gasteiger partial charge < -0.3 is 14.4 Å². The summed E-state index contributed by atoms with van der Waals surface area (Å²) in [5.41, 5.74) is 3.21. The highest BCUT2D eigenvalue weighted by Gasteiger charge is 2.34. The van der Waals surface area contributed by atoms with Gasteiger partial charge in [0.1, 0.15) is 23.8 Å². The minimum atomic E-state index is -3.92. The van der Waals surface area contributed by atoms with Gasteiger partial charge in [-0.05, 0) is 67.3 Å². The minimum absolute atomic E-state index is 0.0281. The lowest BCUT2D eigenvalue weighted by atomic mass is 9.97. The third-order valence-electron chi connectivity index (χ3n) is 7.09. The Balaban J connectivity index is 1.36. The number of halogens is 1. The van der Waals surface area contributed by atoms with Gasteiger partial charge in [0.2, 0.25) is 0 Å². The van der Waals surface area contributed by atoms with Gasteiger partial charge in [0, 0.05) is 22.6 Å². The van der Waals surface area contributed by atoms with Crippen LogP contribution in [0, 0.1) is 6.92 Å². The molecule has 1 saturated carbocycles. The molecule has 0 atom stereocenters. The van der Waals surface area contributed by atoms with E-state index in [9.17, 15) is 23.1 Å². The molecular weight excluding hydrogens is 542 g/mol. The van der Waals surface area contributed by atoms with Crippen LogP contribution in [0.3, 0.4) is 0 Å². The van der Waals surface area contributed by atoms with Crippen molar-refractivity contribution >= 4 is 33.2 Å². The molecule has 10 heteroatoms. The molecule has 2 heterocycles. The van der Waals surface area contributed by atoms with Crippen LogP contribution in [0.15, 0.2) is 64.0 Å². The summed E-state index contributed by atoms with van der Waals surface area (Å²) in [4.78, 5) is 24.6. The van der Waals surface area contributed by atoms with Crippen LogP contribution in [0.1, 0.15) is 67.5 Å². The predicted octanol–water partition coefficient (Wildman–Crippen LogP) is 5.98. The zero-order valence-electron chi connectivity index (χ0n) is 20.7. The fourth-order valence-electron chi connectivity index (χ4n) is 4.92. The smallest absolute Gasteiger partial charge is 0.335 e. The van der Waals surface area contributed by atoms with Crippen LogP contribution in [0.4, 0.5) is 0 Å². The highest BCUT2D eigenvalue weighted by Crippen LogP contribution is 2.45. The van der Waals surface area contributed by atoms with Crippen LogP contribution >= 0.6 is 11.6 Å². The van der Waals surface area contributed by atoms with Crippen LogP contribution in [0.5, 0.6) is 5.75 Å². The van der Waals surface area contributed by atoms with Crippen molar-refractivity contribution in [1.82, 2.24) is 5.16 Å². The van der Waals surface area contributed by atoms with Crippen molar-refractivity contribution in [2.24, 2.45) is 0 Å². The van der Waals surface area contributed by atoms with Gasteiger partial charge in [-0.25, -0.2) is 13.2 Å². The van der Waals surface area contributed by atoms with E-state index >= 15 is 0 Å². The third kappa shape index (κ3) is 4.51. The first-order valence-electron chi connectivity index (χ1n) is 12.3. The molecule has 198 valence electrons. The third-order valence-corrected chi connectivity index (χ3v) is 9.10. The van der Waals surface area contributed by atoms with Crippen molar-refractivity contribution in [2.45, 2.75) is 42.9 Å². The van der Waals surface area contributed by atoms with Crippen LogP contribution in [0.2, 0.25) is 5.02 Å². The maximum atomic E-state index is 13.3. The SMILES string of the molecule is Cc1cccc(Cl)c1-c1noc(C2CC2)c1COc1ccc2c(c1)S(=O)(=O)Cc1ccc(C(=O)O)cc1C2=O. The normalized spacial score (nSPS) is 15.8. The number of benzene rings is 3. The fourth-order valence-corrected chi connectivity index (χ4v) is 6.84. The molecule has 39 heavy (non-hydrogen) atoms. The second kappa shape index (κ2) is 9.36. The summed E-state index contributed by atoms with van der Waals surface area (Å²) < 4.78 is 38.4. The van der Waals surface area contributed by atoms with Crippen molar-refractivity contribution in [3.63, 3.8) is 0 Å². The number of ketones is 1. The number of carbonyl (C=O) groups is 2. The average molecular weight is 564 g/mol. The summed E-state index contributed by atoms with van der Waals surface area (Å²) in [5.74, 6) is -0.960. The highest BCUT2D eigenvalue weighted by molar-refractivity contribution is 7.90. The van der Waals surface area contributed by atoms with Gasteiger partial charge in [0.25, 0.3) is 0 Å². The monoisotopic (exact) mass is 563 g/mol. The number of aryl methyl sites for hydroxylation is 1. The quantitative estimate of drug-likeness (QED) is 0.304. The van der Waals surface area contributed by atoms with Crippen LogP contribution in [-0.4, -0.2) is 30.4 Å². The van der Waals surface area contributed by atoms with E-state index in [1.54, 1.807) is 6.07 Å². The molecule has 0 saturated heterocycles. The summed E-state index contributed by atoms with van der Waals surface area (Å²) in [6.07, 6.45) is 1.96. The molecule has 1 aliphatic heterocycles. The van der Waals surface area contributed by atoms with Gasteiger partial charge in [0.15, 0.2) is 15.6 Å². The van der Waals surface area contributed by atoms with Gasteiger partial charge in [-0.3, -0.25) is 4.79 Å². The van der Waals surface area contributed by atoms with Gasteiger partial charge in [-0.1, -0.05) is 35.0 Å². The van der Waals surface area contributed by atoms with Gasteiger partial charge in [-0.15, -0.1) is 0 Å². The highest BCUT2D eigenvalue weighted by atomic mass is 35.5. The summed E-state index contributed by atoms with van der Waals surface area (Å²) in [5, 5.41) is 14.2. The number of carboxylic acids is 1. The summed E-state index contributed by atoms with van der Waals surface area (Å²) >= 11 is 6.51. The second-order valence-corrected chi connectivity index (χ2v) is 12.2. The Morgan fingerprint density at radius 1 is 1.13 bits per heavy atom. The average Bonchev–Trinajstić information content (AvgIpc) is 3.67. The Hall–Kier alpha value is -3.95. The van der Waals surface area contributed by atoms with E-state index in [0.29, 0.717) is 10.7 Å². The van der Waals surface area contributed by atoms with E-state index < -0.39 is 27.3 Å². The lowest BCUT2D eigenvalue weighted by Crippen LogP contribution is -2.08. The first-order chi connectivity index (χ1) is 18.6. The Morgan fingerprint density at radius 2 is 1.92 bits per heavy atom. The molecule has 3 aromatic carbocycles. The Kier molecular flexibility index (Phi) is 6.08. The number of nitrogens with zero attached hydrogens (tertiary/aromatic N) is 1. The van der Waals surface area contributed by atoms with Gasteiger partial charge >= 0.3 is 5.97 Å². The molecule has 0 spiro atoms. The molecule has 0 radical (unpaired) electrons. The standard InChI is InChI=1S/C29H22ClNO7S/c1-15-3-2-4-23(30)25(15)26-22(28(38-31-26)16-5-6-16)13-37-19-9-10-20-24(12-19)39(35,36)14-18-8-7-17(29(33)34)11-21(18)27(20)32/h2-4,7-12,16H,5-6,13-14H2,1H3,(H,33,34). The Morgan fingerprint density at radius 3 is 2.64 bits per heavy atom. The zero-order chi connectivity index (χ0) is 27.5. The zero-order valence-corrected chi connectivity index (χ0v) is 22.3. The maximum Gasteiger partial charge on any atom is 0.335 e. The number of carboxylic acid groups (broad SMARTS) is 1. The molecule has 0 amide bonds. The van der Waals surface area contributed by atoms with E-state index in [2.05, 4.69) is 5.16 Å².